The monoisotopic (exact) mass is 262 g/mol. The standard InChI is InChI=1S/C15H22N2O2/c1-17(10-13-4-2-3-7-16-13)9-12-5-6-14-15(8-12)19-11-18-14/h5-6,8,13,16H,2-4,7,9-11H2,1H3. The Morgan fingerprint density at radius 3 is 3.00 bits per heavy atom. The van der Waals surface area contributed by atoms with Crippen molar-refractivity contribution in [1.82, 2.24) is 10.2 Å². The van der Waals surface area contributed by atoms with Gasteiger partial charge in [0.25, 0.3) is 0 Å². The first-order valence-electron chi connectivity index (χ1n) is 7.12. The zero-order valence-corrected chi connectivity index (χ0v) is 11.5. The molecule has 1 fully saturated rings. The third-order valence-corrected chi connectivity index (χ3v) is 3.83. The van der Waals surface area contributed by atoms with Gasteiger partial charge in [0.05, 0.1) is 0 Å². The fourth-order valence-corrected chi connectivity index (χ4v) is 2.87. The molecule has 19 heavy (non-hydrogen) atoms. The lowest BCUT2D eigenvalue weighted by Crippen LogP contribution is -2.42. The average Bonchev–Trinajstić information content (AvgIpc) is 2.87. The van der Waals surface area contributed by atoms with Gasteiger partial charge in [0, 0.05) is 19.1 Å². The van der Waals surface area contributed by atoms with Crippen molar-refractivity contribution >= 4 is 0 Å². The molecule has 1 unspecified atom stereocenters. The molecule has 2 aliphatic rings. The van der Waals surface area contributed by atoms with Crippen LogP contribution in [0.5, 0.6) is 11.5 Å². The minimum atomic E-state index is 0.348. The first kappa shape index (κ1) is 12.8. The Bertz CT molecular complexity index is 430. The van der Waals surface area contributed by atoms with Crippen LogP contribution in [0.25, 0.3) is 0 Å². The highest BCUT2D eigenvalue weighted by Crippen LogP contribution is 2.32. The van der Waals surface area contributed by atoms with Crippen LogP contribution in [0.2, 0.25) is 0 Å². The quantitative estimate of drug-likeness (QED) is 0.899. The van der Waals surface area contributed by atoms with E-state index in [1.807, 2.05) is 6.07 Å². The van der Waals surface area contributed by atoms with Crippen LogP contribution in [0.4, 0.5) is 0 Å². The molecule has 0 amide bonds. The third kappa shape index (κ3) is 3.19. The van der Waals surface area contributed by atoms with Crippen LogP contribution < -0.4 is 14.8 Å². The molecule has 0 aromatic heterocycles. The van der Waals surface area contributed by atoms with E-state index in [-0.39, 0.29) is 0 Å². The van der Waals surface area contributed by atoms with E-state index in [9.17, 15) is 0 Å². The zero-order chi connectivity index (χ0) is 13.1. The summed E-state index contributed by atoms with van der Waals surface area (Å²) >= 11 is 0. The molecule has 1 aromatic carbocycles. The Labute approximate surface area is 114 Å². The summed E-state index contributed by atoms with van der Waals surface area (Å²) in [5, 5.41) is 3.59. The molecule has 0 bridgehead atoms. The Balaban J connectivity index is 1.55. The summed E-state index contributed by atoms with van der Waals surface area (Å²) in [6.07, 6.45) is 3.98. The van der Waals surface area contributed by atoms with E-state index < -0.39 is 0 Å². The van der Waals surface area contributed by atoms with Gasteiger partial charge >= 0.3 is 0 Å². The molecular formula is C15H22N2O2. The van der Waals surface area contributed by atoms with Crippen molar-refractivity contribution < 1.29 is 9.47 Å². The summed E-state index contributed by atoms with van der Waals surface area (Å²) in [5.41, 5.74) is 1.28. The lowest BCUT2D eigenvalue weighted by atomic mass is 10.0. The zero-order valence-electron chi connectivity index (χ0n) is 11.5. The number of fused-ring (bicyclic) bond motifs is 1. The molecule has 0 aliphatic carbocycles. The topological polar surface area (TPSA) is 33.7 Å². The van der Waals surface area contributed by atoms with Gasteiger partial charge in [-0.25, -0.2) is 0 Å². The molecule has 104 valence electrons. The van der Waals surface area contributed by atoms with Crippen LogP contribution in [0.1, 0.15) is 24.8 Å². The van der Waals surface area contributed by atoms with E-state index in [1.165, 1.54) is 31.4 Å². The molecule has 2 heterocycles. The van der Waals surface area contributed by atoms with Crippen LogP contribution in [-0.4, -0.2) is 37.9 Å². The minimum Gasteiger partial charge on any atom is -0.454 e. The van der Waals surface area contributed by atoms with Gasteiger partial charge in [-0.05, 0) is 44.1 Å². The SMILES string of the molecule is CN(Cc1ccc2c(c1)OCO2)CC1CCCCN1. The number of likely N-dealkylation sites (N-methyl/N-ethyl adjacent to an activating group) is 1. The number of nitrogens with one attached hydrogen (secondary N) is 1. The minimum absolute atomic E-state index is 0.348. The van der Waals surface area contributed by atoms with Crippen molar-refractivity contribution in [3.05, 3.63) is 23.8 Å². The highest BCUT2D eigenvalue weighted by molar-refractivity contribution is 5.44. The van der Waals surface area contributed by atoms with Crippen molar-refractivity contribution in [2.75, 3.05) is 26.9 Å². The molecule has 0 radical (unpaired) electrons. The predicted molar refractivity (Wildman–Crippen MR) is 74.5 cm³/mol. The number of rotatable bonds is 4. The fourth-order valence-electron chi connectivity index (χ4n) is 2.87. The Morgan fingerprint density at radius 2 is 2.16 bits per heavy atom. The maximum absolute atomic E-state index is 5.42. The van der Waals surface area contributed by atoms with Gasteiger partial charge in [-0.2, -0.15) is 0 Å². The van der Waals surface area contributed by atoms with Gasteiger partial charge in [-0.1, -0.05) is 12.5 Å². The average molecular weight is 262 g/mol. The highest BCUT2D eigenvalue weighted by Gasteiger charge is 2.16. The summed E-state index contributed by atoms with van der Waals surface area (Å²) in [4.78, 5) is 2.38. The molecule has 0 spiro atoms. The van der Waals surface area contributed by atoms with E-state index >= 15 is 0 Å². The van der Waals surface area contributed by atoms with Crippen molar-refractivity contribution in [3.8, 4) is 11.5 Å². The van der Waals surface area contributed by atoms with Gasteiger partial charge < -0.3 is 19.7 Å². The molecule has 4 nitrogen and oxygen atoms in total. The van der Waals surface area contributed by atoms with Gasteiger partial charge in [0.1, 0.15) is 0 Å². The lowest BCUT2D eigenvalue weighted by molar-refractivity contribution is 0.174. The van der Waals surface area contributed by atoms with Gasteiger partial charge in [-0.15, -0.1) is 0 Å². The number of ether oxygens (including phenoxy) is 2. The summed E-state index contributed by atoms with van der Waals surface area (Å²) in [7, 11) is 2.18. The van der Waals surface area contributed by atoms with Crippen LogP contribution in [-0.2, 0) is 6.54 Å². The van der Waals surface area contributed by atoms with E-state index in [2.05, 4.69) is 29.4 Å². The van der Waals surface area contributed by atoms with E-state index in [0.29, 0.717) is 12.8 Å². The smallest absolute Gasteiger partial charge is 0.231 e. The first-order chi connectivity index (χ1) is 9.31. The number of benzene rings is 1. The van der Waals surface area contributed by atoms with Crippen LogP contribution in [0.3, 0.4) is 0 Å². The molecule has 1 aromatic rings. The maximum Gasteiger partial charge on any atom is 0.231 e. The summed E-state index contributed by atoms with van der Waals surface area (Å²) < 4.78 is 10.8. The molecule has 2 aliphatic heterocycles. The second-order valence-electron chi connectivity index (χ2n) is 5.53. The van der Waals surface area contributed by atoms with Gasteiger partial charge in [0.15, 0.2) is 11.5 Å². The lowest BCUT2D eigenvalue weighted by Gasteiger charge is -2.28. The maximum atomic E-state index is 5.42. The summed E-state index contributed by atoms with van der Waals surface area (Å²) in [6.45, 7) is 3.58. The molecule has 1 N–H and O–H groups in total. The molecule has 4 heteroatoms. The van der Waals surface area contributed by atoms with Crippen molar-refractivity contribution in [2.24, 2.45) is 0 Å². The molecule has 1 saturated heterocycles. The Hall–Kier alpha value is -1.26. The fraction of sp³-hybridized carbons (Fsp3) is 0.600. The number of piperidine rings is 1. The predicted octanol–water partition coefficient (Wildman–Crippen LogP) is 1.99. The number of hydrogen-bond acceptors (Lipinski definition) is 4. The van der Waals surface area contributed by atoms with E-state index in [0.717, 1.165) is 24.6 Å². The normalized spacial score (nSPS) is 21.9. The van der Waals surface area contributed by atoms with Crippen molar-refractivity contribution in [2.45, 2.75) is 31.8 Å². The van der Waals surface area contributed by atoms with Crippen molar-refractivity contribution in [1.29, 1.82) is 0 Å². The Kier molecular flexibility index (Phi) is 3.89. The van der Waals surface area contributed by atoms with E-state index in [4.69, 9.17) is 9.47 Å². The summed E-state index contributed by atoms with van der Waals surface area (Å²) in [5.74, 6) is 1.74. The van der Waals surface area contributed by atoms with Crippen LogP contribution >= 0.6 is 0 Å². The van der Waals surface area contributed by atoms with Crippen molar-refractivity contribution in [3.63, 3.8) is 0 Å². The van der Waals surface area contributed by atoms with Crippen LogP contribution in [0, 0.1) is 0 Å². The van der Waals surface area contributed by atoms with Gasteiger partial charge in [0.2, 0.25) is 6.79 Å². The second-order valence-corrected chi connectivity index (χ2v) is 5.53. The molecule has 1 atom stereocenters. The van der Waals surface area contributed by atoms with Gasteiger partial charge in [-0.3, -0.25) is 0 Å². The first-order valence-corrected chi connectivity index (χ1v) is 7.12. The summed E-state index contributed by atoms with van der Waals surface area (Å²) in [6, 6.07) is 6.86. The van der Waals surface area contributed by atoms with Crippen LogP contribution in [0.15, 0.2) is 18.2 Å². The third-order valence-electron chi connectivity index (χ3n) is 3.83. The number of nitrogens with zero attached hydrogens (tertiary/aromatic N) is 1. The molecule has 0 saturated carbocycles. The molecular weight excluding hydrogens is 240 g/mol. The largest absolute Gasteiger partial charge is 0.454 e. The number of hydrogen-bond donors (Lipinski definition) is 1. The highest BCUT2D eigenvalue weighted by atomic mass is 16.7. The van der Waals surface area contributed by atoms with E-state index in [1.54, 1.807) is 0 Å². The Morgan fingerprint density at radius 1 is 1.26 bits per heavy atom. The second kappa shape index (κ2) is 5.80. The molecule has 3 rings (SSSR count).